The van der Waals surface area contributed by atoms with Gasteiger partial charge in [0.2, 0.25) is 0 Å². The maximum atomic E-state index is 5.32. The van der Waals surface area contributed by atoms with Crippen molar-refractivity contribution < 1.29 is 0 Å². The Morgan fingerprint density at radius 3 is 1.82 bits per heavy atom. The minimum atomic E-state index is 0.691. The maximum absolute atomic E-state index is 5.32. The van der Waals surface area contributed by atoms with E-state index in [9.17, 15) is 0 Å². The van der Waals surface area contributed by atoms with Crippen LogP contribution in [0.1, 0.15) is 0 Å². The fourth-order valence-corrected chi connectivity index (χ4v) is 9.24. The number of pyridine rings is 1. The summed E-state index contributed by atoms with van der Waals surface area (Å²) in [5.74, 6) is 0.691. The van der Waals surface area contributed by atoms with E-state index in [-0.39, 0.29) is 0 Å². The lowest BCUT2D eigenvalue weighted by atomic mass is 9.92. The van der Waals surface area contributed by atoms with Crippen molar-refractivity contribution in [2.75, 3.05) is 0 Å². The maximum Gasteiger partial charge on any atom is 0.160 e. The second kappa shape index (κ2) is 12.8. The minimum absolute atomic E-state index is 0.691. The van der Waals surface area contributed by atoms with Gasteiger partial charge in [-0.15, -0.1) is 11.3 Å². The highest BCUT2D eigenvalue weighted by molar-refractivity contribution is 7.26. The Hall–Kier alpha value is -7.01. The Morgan fingerprint density at radius 1 is 0.364 bits per heavy atom. The lowest BCUT2D eigenvalue weighted by molar-refractivity contribution is 1.18. The van der Waals surface area contributed by atoms with Crippen LogP contribution in [-0.4, -0.2) is 15.0 Å². The molecular weight excluding hydrogens is 687 g/mol. The molecule has 0 aliphatic rings. The third-order valence-corrected chi connectivity index (χ3v) is 11.8. The van der Waals surface area contributed by atoms with Crippen molar-refractivity contribution >= 4 is 64.0 Å². The first-order valence-corrected chi connectivity index (χ1v) is 19.3. The van der Waals surface area contributed by atoms with E-state index in [0.29, 0.717) is 5.82 Å². The monoisotopic (exact) mass is 717 g/mol. The van der Waals surface area contributed by atoms with E-state index in [1.165, 1.54) is 52.7 Å². The molecule has 0 saturated carbocycles. The topological polar surface area (TPSA) is 38.7 Å². The summed E-state index contributed by atoms with van der Waals surface area (Å²) in [6.07, 6.45) is 0. The van der Waals surface area contributed by atoms with Gasteiger partial charge in [0, 0.05) is 47.8 Å². The molecule has 0 radical (unpaired) electrons. The second-order valence-corrected chi connectivity index (χ2v) is 15.0. The molecule has 55 heavy (non-hydrogen) atoms. The van der Waals surface area contributed by atoms with Crippen molar-refractivity contribution in [1.29, 1.82) is 0 Å². The van der Waals surface area contributed by atoms with Crippen LogP contribution in [0, 0.1) is 0 Å². The van der Waals surface area contributed by atoms with E-state index in [1.54, 1.807) is 0 Å². The fraction of sp³-hybridized carbons (Fsp3) is 0. The van der Waals surface area contributed by atoms with Gasteiger partial charge in [0.1, 0.15) is 0 Å². The van der Waals surface area contributed by atoms with Crippen LogP contribution >= 0.6 is 11.3 Å². The van der Waals surface area contributed by atoms with Crippen molar-refractivity contribution in [2.45, 2.75) is 0 Å². The molecule has 0 aliphatic carbocycles. The Kier molecular flexibility index (Phi) is 7.35. The molecule has 0 N–H and O–H groups in total. The van der Waals surface area contributed by atoms with Gasteiger partial charge in [-0.2, -0.15) is 0 Å². The van der Waals surface area contributed by atoms with Crippen molar-refractivity contribution in [3.63, 3.8) is 0 Å². The standard InChI is InChI=1S/C51H31N3S/c1-3-14-32(15-4-1)45-31-46(36-26-27-47-43(30-36)48-49(33-16-5-2-6-17-33)52-44-25-12-11-24-41(44)50(48)55-47)54-51(53-45)37-20-13-19-34(28-37)42-29-35-18-7-8-21-38(35)39-22-9-10-23-40(39)42/h1-31H. The molecule has 0 fully saturated rings. The van der Waals surface area contributed by atoms with Crippen LogP contribution in [0.25, 0.3) is 109 Å². The highest BCUT2D eigenvalue weighted by atomic mass is 32.1. The number of hydrogen-bond acceptors (Lipinski definition) is 4. The third kappa shape index (κ3) is 5.38. The molecule has 0 bridgehead atoms. The number of benzene rings is 8. The second-order valence-electron chi connectivity index (χ2n) is 14.0. The van der Waals surface area contributed by atoms with Gasteiger partial charge in [-0.1, -0.05) is 152 Å². The molecule has 3 heterocycles. The predicted octanol–water partition coefficient (Wildman–Crippen LogP) is 14.0. The smallest absolute Gasteiger partial charge is 0.160 e. The quantitative estimate of drug-likeness (QED) is 0.166. The number of rotatable bonds is 5. The van der Waals surface area contributed by atoms with E-state index in [4.69, 9.17) is 15.0 Å². The summed E-state index contributed by atoms with van der Waals surface area (Å²) in [5.41, 5.74) is 10.3. The van der Waals surface area contributed by atoms with Crippen LogP contribution in [0.5, 0.6) is 0 Å². The summed E-state index contributed by atoms with van der Waals surface area (Å²) in [6.45, 7) is 0. The van der Waals surface area contributed by atoms with Gasteiger partial charge in [-0.05, 0) is 69.1 Å². The molecular formula is C51H31N3S. The summed E-state index contributed by atoms with van der Waals surface area (Å²) in [6, 6.07) is 66.6. The number of thiophene rings is 1. The zero-order valence-electron chi connectivity index (χ0n) is 29.6. The van der Waals surface area contributed by atoms with Crippen LogP contribution in [0.15, 0.2) is 188 Å². The van der Waals surface area contributed by atoms with Crippen LogP contribution in [0.2, 0.25) is 0 Å². The first-order chi connectivity index (χ1) is 27.2. The summed E-state index contributed by atoms with van der Waals surface area (Å²) < 4.78 is 2.48. The van der Waals surface area contributed by atoms with Crippen molar-refractivity contribution in [1.82, 2.24) is 15.0 Å². The van der Waals surface area contributed by atoms with Gasteiger partial charge in [-0.3, -0.25) is 0 Å². The van der Waals surface area contributed by atoms with E-state index < -0.39 is 0 Å². The molecule has 0 spiro atoms. The van der Waals surface area contributed by atoms with Crippen molar-refractivity contribution in [3.05, 3.63) is 188 Å². The first kappa shape index (κ1) is 31.5. The van der Waals surface area contributed by atoms with E-state index in [1.807, 2.05) is 17.4 Å². The molecule has 256 valence electrons. The fourth-order valence-electron chi connectivity index (χ4n) is 8.03. The van der Waals surface area contributed by atoms with Crippen LogP contribution in [-0.2, 0) is 0 Å². The summed E-state index contributed by atoms with van der Waals surface area (Å²) in [4.78, 5) is 15.8. The molecule has 0 aliphatic heterocycles. The largest absolute Gasteiger partial charge is 0.247 e. The molecule has 0 unspecified atom stereocenters. The summed E-state index contributed by atoms with van der Waals surface area (Å²) in [7, 11) is 0. The Morgan fingerprint density at radius 2 is 1.00 bits per heavy atom. The number of para-hydroxylation sites is 1. The van der Waals surface area contributed by atoms with Crippen LogP contribution < -0.4 is 0 Å². The zero-order chi connectivity index (χ0) is 36.3. The number of nitrogens with zero attached hydrogens (tertiary/aromatic N) is 3. The lowest BCUT2D eigenvalue weighted by Crippen LogP contribution is -1.96. The van der Waals surface area contributed by atoms with E-state index in [2.05, 4.69) is 182 Å². The highest BCUT2D eigenvalue weighted by Gasteiger charge is 2.18. The van der Waals surface area contributed by atoms with Crippen molar-refractivity contribution in [3.8, 4) is 56.3 Å². The van der Waals surface area contributed by atoms with Gasteiger partial charge in [-0.25, -0.2) is 15.0 Å². The van der Waals surface area contributed by atoms with E-state index >= 15 is 0 Å². The molecule has 11 rings (SSSR count). The molecule has 11 aromatic rings. The Labute approximate surface area is 321 Å². The molecule has 8 aromatic carbocycles. The highest BCUT2D eigenvalue weighted by Crippen LogP contribution is 2.44. The molecule has 0 saturated heterocycles. The number of hydrogen-bond donors (Lipinski definition) is 0. The first-order valence-electron chi connectivity index (χ1n) is 18.5. The van der Waals surface area contributed by atoms with Crippen LogP contribution in [0.3, 0.4) is 0 Å². The van der Waals surface area contributed by atoms with Gasteiger partial charge in [0.25, 0.3) is 0 Å². The third-order valence-electron chi connectivity index (χ3n) is 10.6. The molecule has 0 amide bonds. The van der Waals surface area contributed by atoms with Gasteiger partial charge in [0.15, 0.2) is 5.82 Å². The Balaban J connectivity index is 1.11. The molecule has 3 aromatic heterocycles. The SMILES string of the molecule is c1ccc(-c2cc(-c3ccc4sc5c6ccccc6nc(-c6ccccc6)c5c4c3)nc(-c3cccc(-c4cc5ccccc5c5ccccc45)c3)n2)cc1. The predicted molar refractivity (Wildman–Crippen MR) is 232 cm³/mol. The Bertz CT molecular complexity index is 3260. The zero-order valence-corrected chi connectivity index (χ0v) is 30.5. The number of fused-ring (bicyclic) bond motifs is 8. The average Bonchev–Trinajstić information content (AvgIpc) is 3.66. The lowest BCUT2D eigenvalue weighted by Gasteiger charge is -2.13. The van der Waals surface area contributed by atoms with Gasteiger partial charge >= 0.3 is 0 Å². The normalized spacial score (nSPS) is 11.6. The van der Waals surface area contributed by atoms with Gasteiger partial charge in [0.05, 0.1) is 22.6 Å². The number of aromatic nitrogens is 3. The molecule has 3 nitrogen and oxygen atoms in total. The van der Waals surface area contributed by atoms with Crippen LogP contribution in [0.4, 0.5) is 0 Å². The summed E-state index contributed by atoms with van der Waals surface area (Å²) >= 11 is 1.83. The van der Waals surface area contributed by atoms with Crippen molar-refractivity contribution in [2.24, 2.45) is 0 Å². The molecule has 0 atom stereocenters. The summed E-state index contributed by atoms with van der Waals surface area (Å²) in [5, 5.41) is 8.50. The van der Waals surface area contributed by atoms with Gasteiger partial charge < -0.3 is 0 Å². The van der Waals surface area contributed by atoms with E-state index in [0.717, 1.165) is 50.4 Å². The molecule has 4 heteroatoms. The minimum Gasteiger partial charge on any atom is -0.247 e. The average molecular weight is 718 g/mol.